The van der Waals surface area contributed by atoms with E-state index < -0.39 is 41.6 Å². The molecule has 2 fully saturated rings. The molecule has 5 atom stereocenters. The van der Waals surface area contributed by atoms with Crippen LogP contribution < -0.4 is 21.3 Å². The summed E-state index contributed by atoms with van der Waals surface area (Å²) in [4.78, 5) is 51.2. The Labute approximate surface area is 208 Å². The number of rotatable bonds is 2. The molecule has 0 radical (unpaired) electrons. The number of ether oxygens (including phenoxy) is 1. The van der Waals surface area contributed by atoms with Crippen LogP contribution in [0.3, 0.4) is 0 Å². The van der Waals surface area contributed by atoms with E-state index in [2.05, 4.69) is 27.3 Å². The molecule has 0 bridgehead atoms. The van der Waals surface area contributed by atoms with Crippen LogP contribution in [0.5, 0.6) is 0 Å². The summed E-state index contributed by atoms with van der Waals surface area (Å²) < 4.78 is 5.33. The maximum atomic E-state index is 13.2. The van der Waals surface area contributed by atoms with E-state index in [0.717, 1.165) is 12.8 Å². The van der Waals surface area contributed by atoms with Crippen LogP contribution >= 0.6 is 0 Å². The van der Waals surface area contributed by atoms with Gasteiger partial charge in [-0.2, -0.15) is 5.26 Å². The average molecular weight is 492 g/mol. The van der Waals surface area contributed by atoms with Crippen LogP contribution in [-0.4, -0.2) is 54.1 Å². The molecule has 10 nitrogen and oxygen atoms in total. The molecule has 0 unspecified atom stereocenters. The van der Waals surface area contributed by atoms with Crippen molar-refractivity contribution in [2.75, 3.05) is 6.54 Å². The fourth-order valence-corrected chi connectivity index (χ4v) is 4.56. The molecule has 4 N–H and O–H groups in total. The fourth-order valence-electron chi connectivity index (χ4n) is 4.56. The molecule has 2 rings (SSSR count). The van der Waals surface area contributed by atoms with Gasteiger partial charge in [-0.05, 0) is 57.8 Å². The van der Waals surface area contributed by atoms with Crippen LogP contribution in [0.15, 0.2) is 0 Å². The summed E-state index contributed by atoms with van der Waals surface area (Å²) in [5, 5.41) is 20.7. The van der Waals surface area contributed by atoms with Gasteiger partial charge in [0.1, 0.15) is 23.7 Å². The van der Waals surface area contributed by atoms with Gasteiger partial charge in [0.25, 0.3) is 0 Å². The van der Waals surface area contributed by atoms with Gasteiger partial charge in [0, 0.05) is 12.5 Å². The second-order valence-electron chi connectivity index (χ2n) is 11.8. The first-order valence-electron chi connectivity index (χ1n) is 12.5. The second kappa shape index (κ2) is 11.7. The highest BCUT2D eigenvalue weighted by Crippen LogP contribution is 2.28. The van der Waals surface area contributed by atoms with Crippen LogP contribution in [0.2, 0.25) is 0 Å². The lowest BCUT2D eigenvalue weighted by atomic mass is 9.85. The van der Waals surface area contributed by atoms with Gasteiger partial charge in [0.05, 0.1) is 6.07 Å². The van der Waals surface area contributed by atoms with Crippen molar-refractivity contribution in [1.29, 1.82) is 5.26 Å². The van der Waals surface area contributed by atoms with Gasteiger partial charge in [0.2, 0.25) is 17.7 Å². The minimum atomic E-state index is -0.905. The average Bonchev–Trinajstić information content (AvgIpc) is 3.05. The largest absolute Gasteiger partial charge is 0.444 e. The maximum absolute atomic E-state index is 13.2. The fraction of sp³-hybridized carbons (Fsp3) is 0.800. The van der Waals surface area contributed by atoms with E-state index in [1.165, 1.54) is 0 Å². The molecule has 2 heterocycles. The Morgan fingerprint density at radius 2 is 1.69 bits per heavy atom. The maximum Gasteiger partial charge on any atom is 0.408 e. The molecule has 196 valence electrons. The number of alkyl carbamates (subject to hydrolysis) is 1. The van der Waals surface area contributed by atoms with Crippen molar-refractivity contribution < 1.29 is 23.9 Å². The predicted octanol–water partition coefficient (Wildman–Crippen LogP) is 2.14. The number of carbonyl (C=O) groups is 4. The van der Waals surface area contributed by atoms with E-state index in [9.17, 15) is 24.4 Å². The van der Waals surface area contributed by atoms with E-state index in [4.69, 9.17) is 4.74 Å². The number of hydrogen-bond donors (Lipinski definition) is 4. The second-order valence-corrected chi connectivity index (χ2v) is 11.8. The van der Waals surface area contributed by atoms with Gasteiger partial charge in [-0.25, -0.2) is 4.79 Å². The zero-order chi connectivity index (χ0) is 26.4. The molecule has 0 aromatic rings. The standard InChI is InChI=1S/C25H41N5O5/c1-24(2,3)12-19-22(33)28-16(13-26)11-17-15(14-27-20(17)31)9-7-8-10-18(21(32)29-19)30-23(34)35-25(4,5)6/h15-19H,7-12,14H2,1-6H3,(H,27,31)(H,28,33)(H,29,32)(H,30,34)/t15-,16-,17-,18-,19-/m0/s1. The topological polar surface area (TPSA) is 149 Å². The van der Waals surface area contributed by atoms with Crippen molar-refractivity contribution in [1.82, 2.24) is 21.3 Å². The first-order chi connectivity index (χ1) is 16.2. The third-order valence-corrected chi connectivity index (χ3v) is 6.18. The summed E-state index contributed by atoms with van der Waals surface area (Å²) in [5.74, 6) is -1.35. The molecule has 0 spiro atoms. The first kappa shape index (κ1) is 28.4. The molecule has 0 aliphatic carbocycles. The number of hydrogen-bond acceptors (Lipinski definition) is 6. The van der Waals surface area contributed by atoms with Gasteiger partial charge >= 0.3 is 6.09 Å². The molecule has 2 saturated heterocycles. The number of fused-ring (bicyclic) bond motifs is 1. The summed E-state index contributed by atoms with van der Waals surface area (Å²) in [6.07, 6.45) is 2.36. The Balaban J connectivity index is 2.29. The van der Waals surface area contributed by atoms with E-state index >= 15 is 0 Å². The van der Waals surface area contributed by atoms with Crippen LogP contribution in [0, 0.1) is 28.6 Å². The minimum absolute atomic E-state index is 0.0506. The first-order valence-corrected chi connectivity index (χ1v) is 12.5. The van der Waals surface area contributed by atoms with E-state index in [1.54, 1.807) is 20.8 Å². The Kier molecular flexibility index (Phi) is 9.52. The van der Waals surface area contributed by atoms with Crippen molar-refractivity contribution in [2.45, 2.75) is 104 Å². The number of nitrogens with zero attached hydrogens (tertiary/aromatic N) is 1. The van der Waals surface area contributed by atoms with Gasteiger partial charge in [-0.3, -0.25) is 14.4 Å². The van der Waals surface area contributed by atoms with Crippen molar-refractivity contribution in [3.63, 3.8) is 0 Å². The monoisotopic (exact) mass is 491 g/mol. The van der Waals surface area contributed by atoms with E-state index in [1.807, 2.05) is 20.8 Å². The van der Waals surface area contributed by atoms with Crippen molar-refractivity contribution in [3.8, 4) is 6.07 Å². The lowest BCUT2D eigenvalue weighted by Gasteiger charge is -2.30. The molecule has 0 aromatic heterocycles. The summed E-state index contributed by atoms with van der Waals surface area (Å²) in [5.41, 5.74) is -1.02. The van der Waals surface area contributed by atoms with Crippen molar-refractivity contribution >= 4 is 23.8 Å². The molecule has 2 aliphatic rings. The Morgan fingerprint density at radius 1 is 1.03 bits per heavy atom. The smallest absolute Gasteiger partial charge is 0.408 e. The summed E-state index contributed by atoms with van der Waals surface area (Å²) in [6, 6.07) is -0.535. The van der Waals surface area contributed by atoms with Crippen LogP contribution in [0.1, 0.15) is 80.1 Å². The molecule has 0 aromatic carbocycles. The van der Waals surface area contributed by atoms with Crippen molar-refractivity contribution in [2.24, 2.45) is 17.3 Å². The van der Waals surface area contributed by atoms with Gasteiger partial charge in [-0.1, -0.05) is 33.6 Å². The number of amides is 4. The van der Waals surface area contributed by atoms with Gasteiger partial charge < -0.3 is 26.0 Å². The quantitative estimate of drug-likeness (QED) is 0.465. The van der Waals surface area contributed by atoms with Crippen LogP contribution in [0.4, 0.5) is 4.79 Å². The van der Waals surface area contributed by atoms with Crippen molar-refractivity contribution in [3.05, 3.63) is 0 Å². The normalized spacial score (nSPS) is 28.9. The molecule has 4 amide bonds. The number of nitriles is 1. The molecule has 0 saturated carbocycles. The minimum Gasteiger partial charge on any atom is -0.444 e. The highest BCUT2D eigenvalue weighted by atomic mass is 16.6. The number of carbonyl (C=O) groups excluding carboxylic acids is 4. The molecular weight excluding hydrogens is 450 g/mol. The van der Waals surface area contributed by atoms with Crippen LogP contribution in [0.25, 0.3) is 0 Å². The Morgan fingerprint density at radius 3 is 2.29 bits per heavy atom. The lowest BCUT2D eigenvalue weighted by molar-refractivity contribution is -0.131. The molecular formula is C25H41N5O5. The highest BCUT2D eigenvalue weighted by Gasteiger charge is 2.38. The van der Waals surface area contributed by atoms with Gasteiger partial charge in [0.15, 0.2) is 0 Å². The molecule has 2 aliphatic heterocycles. The van der Waals surface area contributed by atoms with Crippen LogP contribution in [-0.2, 0) is 19.1 Å². The zero-order valence-electron chi connectivity index (χ0n) is 21.8. The van der Waals surface area contributed by atoms with E-state index in [-0.39, 0.29) is 29.6 Å². The Bertz CT molecular complexity index is 839. The SMILES string of the molecule is CC(C)(C)C[C@@H]1NC(=O)[C@@H](NC(=O)OC(C)(C)C)CCCC[C@H]2CNC(=O)[C@H]2C[C@@H](C#N)NC1=O. The summed E-state index contributed by atoms with van der Waals surface area (Å²) in [7, 11) is 0. The Hall–Kier alpha value is -2.83. The highest BCUT2D eigenvalue weighted by molar-refractivity contribution is 5.91. The molecule has 10 heteroatoms. The summed E-state index contributed by atoms with van der Waals surface area (Å²) in [6.45, 7) is 11.6. The third-order valence-electron chi connectivity index (χ3n) is 6.18. The lowest BCUT2D eigenvalue weighted by Crippen LogP contribution is -2.56. The van der Waals surface area contributed by atoms with Gasteiger partial charge in [-0.15, -0.1) is 0 Å². The zero-order valence-corrected chi connectivity index (χ0v) is 21.8. The predicted molar refractivity (Wildman–Crippen MR) is 130 cm³/mol. The summed E-state index contributed by atoms with van der Waals surface area (Å²) >= 11 is 0. The van der Waals surface area contributed by atoms with E-state index in [0.29, 0.717) is 25.8 Å². The number of nitrogens with one attached hydrogen (secondary N) is 4. The third kappa shape index (κ3) is 9.38. The molecule has 35 heavy (non-hydrogen) atoms.